The van der Waals surface area contributed by atoms with Crippen LogP contribution in [0.1, 0.15) is 12.0 Å². The van der Waals surface area contributed by atoms with Crippen molar-refractivity contribution in [2.75, 3.05) is 22.8 Å². The molecular weight excluding hydrogens is 363 g/mol. The van der Waals surface area contributed by atoms with Gasteiger partial charge in [-0.25, -0.2) is 13.4 Å². The fourth-order valence-corrected chi connectivity index (χ4v) is 3.57. The summed E-state index contributed by atoms with van der Waals surface area (Å²) < 4.78 is 41.3. The zero-order valence-corrected chi connectivity index (χ0v) is 14.4. The molecule has 0 bridgehead atoms. The van der Waals surface area contributed by atoms with Gasteiger partial charge >= 0.3 is 6.08 Å². The number of nitrogens with zero attached hydrogens (tertiary/aromatic N) is 4. The summed E-state index contributed by atoms with van der Waals surface area (Å²) in [7, 11) is -3.54. The quantitative estimate of drug-likeness (QED) is 0.514. The largest absolute Gasteiger partial charge is 0.396 e. The van der Waals surface area contributed by atoms with Crippen molar-refractivity contribution in [1.29, 1.82) is 0 Å². The van der Waals surface area contributed by atoms with Crippen LogP contribution in [0.2, 0.25) is 0 Å². The lowest BCUT2D eigenvalue weighted by atomic mass is 10.2. The topological polar surface area (TPSA) is 136 Å². The van der Waals surface area contributed by atoms with E-state index in [1.807, 2.05) is 0 Å². The molecule has 0 radical (unpaired) electrons. The monoisotopic (exact) mass is 380 g/mol. The number of imidazole rings is 1. The predicted molar refractivity (Wildman–Crippen MR) is 94.3 cm³/mol. The summed E-state index contributed by atoms with van der Waals surface area (Å²) in [6, 6.07) is 6.76. The van der Waals surface area contributed by atoms with Gasteiger partial charge in [0.2, 0.25) is 10.0 Å². The van der Waals surface area contributed by atoms with Crippen molar-refractivity contribution in [3.05, 3.63) is 42.2 Å². The maximum absolute atomic E-state index is 13.4. The number of nitrogens with one attached hydrogen (secondary N) is 1. The number of nitrogen functional groups attached to an aromatic ring is 1. The average Bonchev–Trinajstić information content (AvgIpc) is 2.96. The smallest absolute Gasteiger partial charge is 0.312 e. The van der Waals surface area contributed by atoms with Gasteiger partial charge in [0, 0.05) is 12.3 Å². The molecule has 2 aromatic heterocycles. The lowest BCUT2D eigenvalue weighted by molar-refractivity contribution is 0.295. The third-order valence-electron chi connectivity index (χ3n) is 3.59. The molecule has 1 aromatic carbocycles. The van der Waals surface area contributed by atoms with Crippen LogP contribution in [0.15, 0.2) is 30.6 Å². The van der Waals surface area contributed by atoms with Gasteiger partial charge in [-0.3, -0.25) is 4.72 Å². The van der Waals surface area contributed by atoms with Gasteiger partial charge < -0.3 is 15.4 Å². The summed E-state index contributed by atoms with van der Waals surface area (Å²) in [5.74, 6) is -0.216. The Morgan fingerprint density at radius 1 is 1.31 bits per heavy atom. The number of aliphatic hydroxyl groups is 1. The van der Waals surface area contributed by atoms with E-state index in [-0.39, 0.29) is 30.2 Å². The number of hydrogen-bond donors (Lipinski definition) is 3. The van der Waals surface area contributed by atoms with Crippen LogP contribution in [-0.2, 0) is 16.6 Å². The number of benzene rings is 1. The molecule has 0 fully saturated rings. The van der Waals surface area contributed by atoms with Crippen LogP contribution in [0, 0.1) is 6.08 Å². The van der Waals surface area contributed by atoms with Crippen molar-refractivity contribution in [2.24, 2.45) is 0 Å². The highest BCUT2D eigenvalue weighted by molar-refractivity contribution is 7.92. The number of hydrogen-bond acceptors (Lipinski definition) is 7. The van der Waals surface area contributed by atoms with E-state index in [4.69, 9.17) is 10.8 Å². The number of halogens is 1. The van der Waals surface area contributed by atoms with Crippen molar-refractivity contribution < 1.29 is 17.9 Å². The fourth-order valence-electron chi connectivity index (χ4n) is 2.47. The Balaban J connectivity index is 1.84. The summed E-state index contributed by atoms with van der Waals surface area (Å²) in [6.07, 6.45) is 0.679. The first-order chi connectivity index (χ1) is 12.4. The second-order valence-corrected chi connectivity index (χ2v) is 7.46. The molecule has 3 rings (SSSR count). The Bertz CT molecular complexity index is 1040. The highest BCUT2D eigenvalue weighted by Crippen LogP contribution is 2.19. The van der Waals surface area contributed by atoms with Crippen LogP contribution in [0.4, 0.5) is 15.9 Å². The van der Waals surface area contributed by atoms with Crippen molar-refractivity contribution >= 4 is 32.7 Å². The van der Waals surface area contributed by atoms with Crippen molar-refractivity contribution in [1.82, 2.24) is 19.5 Å². The lowest BCUT2D eigenvalue weighted by Gasteiger charge is -2.10. The highest BCUT2D eigenvalue weighted by Gasteiger charge is 2.13. The maximum atomic E-state index is 13.4. The summed E-state index contributed by atoms with van der Waals surface area (Å²) in [5, 5.41) is 8.76. The van der Waals surface area contributed by atoms with E-state index in [1.165, 1.54) is 6.33 Å². The first-order valence-electron chi connectivity index (χ1n) is 7.72. The zero-order valence-electron chi connectivity index (χ0n) is 13.6. The molecule has 0 aliphatic carbocycles. The summed E-state index contributed by atoms with van der Waals surface area (Å²) in [6.45, 7) is 0.0921. The van der Waals surface area contributed by atoms with Gasteiger partial charge in [-0.2, -0.15) is 14.4 Å². The number of nitrogens with two attached hydrogens (primary N) is 1. The minimum atomic E-state index is -3.54. The first kappa shape index (κ1) is 18.0. The number of aliphatic hydroxyl groups excluding tert-OH is 1. The molecule has 0 saturated carbocycles. The zero-order chi connectivity index (χ0) is 18.7. The molecule has 9 nitrogen and oxygen atoms in total. The van der Waals surface area contributed by atoms with Crippen LogP contribution in [0.25, 0.3) is 11.2 Å². The molecule has 2 heterocycles. The van der Waals surface area contributed by atoms with Gasteiger partial charge in [-0.15, -0.1) is 0 Å². The Morgan fingerprint density at radius 2 is 2.12 bits per heavy atom. The third-order valence-corrected chi connectivity index (χ3v) is 4.96. The van der Waals surface area contributed by atoms with E-state index in [2.05, 4.69) is 19.7 Å². The molecule has 4 N–H and O–H groups in total. The van der Waals surface area contributed by atoms with Gasteiger partial charge in [0.05, 0.1) is 18.6 Å². The van der Waals surface area contributed by atoms with E-state index in [0.29, 0.717) is 17.7 Å². The molecule has 0 aliphatic rings. The standard InChI is InChI=1S/C15H17FN6O3S/c16-15-19-13(17)12-14(20-15)22(9-18-12)8-10-3-1-4-11(7-10)21-26(24,25)6-2-5-23/h1,3-4,7,9,21,23H,2,5-6,8H2,(H2,17,19,20). The second kappa shape index (κ2) is 7.22. The van der Waals surface area contributed by atoms with E-state index in [0.717, 1.165) is 5.56 Å². The summed E-state index contributed by atoms with van der Waals surface area (Å²) >= 11 is 0. The average molecular weight is 380 g/mol. The Hall–Kier alpha value is -2.79. The van der Waals surface area contributed by atoms with Gasteiger partial charge in [0.25, 0.3) is 0 Å². The molecule has 0 saturated heterocycles. The molecule has 3 aromatic rings. The number of fused-ring (bicyclic) bond motifs is 1. The minimum Gasteiger partial charge on any atom is -0.396 e. The number of rotatable bonds is 7. The summed E-state index contributed by atoms with van der Waals surface area (Å²) in [4.78, 5) is 11.2. The molecule has 0 unspecified atom stereocenters. The van der Waals surface area contributed by atoms with E-state index in [1.54, 1.807) is 28.8 Å². The third kappa shape index (κ3) is 4.06. The molecule has 0 aliphatic heterocycles. The van der Waals surface area contributed by atoms with Crippen LogP contribution in [0.5, 0.6) is 0 Å². The molecule has 0 spiro atoms. The minimum absolute atomic E-state index is 0.0448. The maximum Gasteiger partial charge on any atom is 0.312 e. The van der Waals surface area contributed by atoms with Crippen LogP contribution in [-0.4, -0.2) is 45.4 Å². The van der Waals surface area contributed by atoms with Gasteiger partial charge in [0.15, 0.2) is 11.5 Å². The van der Waals surface area contributed by atoms with Crippen molar-refractivity contribution in [3.63, 3.8) is 0 Å². The Kier molecular flexibility index (Phi) is 5.00. The molecule has 0 atom stereocenters. The molecule has 138 valence electrons. The van der Waals surface area contributed by atoms with Crippen LogP contribution >= 0.6 is 0 Å². The van der Waals surface area contributed by atoms with Gasteiger partial charge in [-0.1, -0.05) is 12.1 Å². The second-order valence-electron chi connectivity index (χ2n) is 5.62. The van der Waals surface area contributed by atoms with Crippen molar-refractivity contribution in [3.8, 4) is 0 Å². The van der Waals surface area contributed by atoms with E-state index in [9.17, 15) is 12.8 Å². The molecule has 26 heavy (non-hydrogen) atoms. The number of aromatic nitrogens is 4. The first-order valence-corrected chi connectivity index (χ1v) is 9.37. The van der Waals surface area contributed by atoms with E-state index >= 15 is 0 Å². The molecular formula is C15H17FN6O3S. The summed E-state index contributed by atoms with van der Waals surface area (Å²) in [5.41, 5.74) is 7.34. The fraction of sp³-hybridized carbons (Fsp3) is 0.267. The molecule has 0 amide bonds. The Morgan fingerprint density at radius 3 is 2.88 bits per heavy atom. The lowest BCUT2D eigenvalue weighted by Crippen LogP contribution is -2.17. The van der Waals surface area contributed by atoms with Crippen LogP contribution < -0.4 is 10.5 Å². The number of sulfonamides is 1. The SMILES string of the molecule is Nc1nc(F)nc2c1ncn2Cc1cccc(NS(=O)(=O)CCCO)c1. The van der Waals surface area contributed by atoms with E-state index < -0.39 is 16.1 Å². The number of anilines is 2. The van der Waals surface area contributed by atoms with Gasteiger partial charge in [0.1, 0.15) is 5.52 Å². The highest BCUT2D eigenvalue weighted by atomic mass is 32.2. The van der Waals surface area contributed by atoms with Crippen molar-refractivity contribution in [2.45, 2.75) is 13.0 Å². The van der Waals surface area contributed by atoms with Crippen LogP contribution in [0.3, 0.4) is 0 Å². The Labute approximate surface area is 148 Å². The van der Waals surface area contributed by atoms with Gasteiger partial charge in [-0.05, 0) is 24.1 Å². The predicted octanol–water partition coefficient (Wildman–Crippen LogP) is 0.720. The normalized spacial score (nSPS) is 11.8. The molecule has 11 heteroatoms.